The summed E-state index contributed by atoms with van der Waals surface area (Å²) in [6.45, 7) is 4.48. The summed E-state index contributed by atoms with van der Waals surface area (Å²) in [5, 5.41) is 7.32. The summed E-state index contributed by atoms with van der Waals surface area (Å²) in [6, 6.07) is 3.88. The first-order valence-corrected chi connectivity index (χ1v) is 6.66. The van der Waals surface area contributed by atoms with Crippen LogP contribution in [0.1, 0.15) is 31.5 Å². The molecular formula is C12H19N3S. The van der Waals surface area contributed by atoms with E-state index in [9.17, 15) is 0 Å². The fraction of sp³-hybridized carbons (Fsp3) is 0.500. The van der Waals surface area contributed by atoms with Gasteiger partial charge in [0, 0.05) is 11.9 Å². The molecule has 0 spiro atoms. The van der Waals surface area contributed by atoms with Gasteiger partial charge in [-0.1, -0.05) is 20.3 Å². The van der Waals surface area contributed by atoms with Crippen molar-refractivity contribution >= 4 is 17.6 Å². The molecule has 0 saturated heterocycles. The van der Waals surface area contributed by atoms with Crippen molar-refractivity contribution in [2.24, 2.45) is 11.7 Å². The lowest BCUT2D eigenvalue weighted by atomic mass is 10.2. The summed E-state index contributed by atoms with van der Waals surface area (Å²) in [6.07, 6.45) is 2.94. The van der Waals surface area contributed by atoms with Crippen LogP contribution in [0.25, 0.3) is 0 Å². The van der Waals surface area contributed by atoms with Gasteiger partial charge in [-0.15, -0.1) is 0 Å². The van der Waals surface area contributed by atoms with E-state index in [4.69, 9.17) is 11.1 Å². The first-order valence-electron chi connectivity index (χ1n) is 5.50. The smallest absolute Gasteiger partial charge is 0.141 e. The molecule has 0 aliphatic heterocycles. The zero-order valence-electron chi connectivity index (χ0n) is 9.86. The van der Waals surface area contributed by atoms with Crippen molar-refractivity contribution in [1.82, 2.24) is 4.98 Å². The van der Waals surface area contributed by atoms with Crippen LogP contribution in [-0.4, -0.2) is 16.6 Å². The molecule has 88 valence electrons. The van der Waals surface area contributed by atoms with E-state index >= 15 is 0 Å². The second-order valence-electron chi connectivity index (χ2n) is 3.99. The monoisotopic (exact) mass is 237 g/mol. The van der Waals surface area contributed by atoms with Gasteiger partial charge >= 0.3 is 0 Å². The molecule has 4 heteroatoms. The summed E-state index contributed by atoms with van der Waals surface area (Å²) < 4.78 is 0. The van der Waals surface area contributed by atoms with Gasteiger partial charge in [0.1, 0.15) is 11.5 Å². The molecule has 1 rings (SSSR count). The molecular weight excluding hydrogens is 218 g/mol. The zero-order valence-corrected chi connectivity index (χ0v) is 10.7. The van der Waals surface area contributed by atoms with Crippen molar-refractivity contribution in [3.05, 3.63) is 29.6 Å². The Balaban J connectivity index is 2.48. The lowest BCUT2D eigenvalue weighted by molar-refractivity contribution is 0.637. The summed E-state index contributed by atoms with van der Waals surface area (Å²) in [4.78, 5) is 4.04. The van der Waals surface area contributed by atoms with Crippen LogP contribution < -0.4 is 5.73 Å². The fourth-order valence-corrected chi connectivity index (χ4v) is 2.38. The first-order chi connectivity index (χ1) is 7.63. The number of aromatic nitrogens is 1. The number of pyridine rings is 1. The van der Waals surface area contributed by atoms with Gasteiger partial charge in [0.05, 0.1) is 0 Å². The number of amidine groups is 1. The van der Waals surface area contributed by atoms with Crippen LogP contribution in [0.3, 0.4) is 0 Å². The van der Waals surface area contributed by atoms with E-state index in [1.807, 2.05) is 23.9 Å². The van der Waals surface area contributed by atoms with Gasteiger partial charge in [0.15, 0.2) is 0 Å². The van der Waals surface area contributed by atoms with Gasteiger partial charge in [-0.25, -0.2) is 0 Å². The molecule has 1 aromatic heterocycles. The van der Waals surface area contributed by atoms with E-state index in [0.29, 0.717) is 5.69 Å². The summed E-state index contributed by atoms with van der Waals surface area (Å²) in [5.41, 5.74) is 7.15. The predicted molar refractivity (Wildman–Crippen MR) is 70.9 cm³/mol. The van der Waals surface area contributed by atoms with Crippen LogP contribution in [0, 0.1) is 11.3 Å². The molecule has 0 saturated carbocycles. The van der Waals surface area contributed by atoms with Gasteiger partial charge in [-0.3, -0.25) is 10.4 Å². The first kappa shape index (κ1) is 13.0. The van der Waals surface area contributed by atoms with Crippen LogP contribution in [0.2, 0.25) is 0 Å². The topological polar surface area (TPSA) is 62.8 Å². The number of thioether (sulfide) groups is 1. The molecule has 0 fully saturated rings. The van der Waals surface area contributed by atoms with Crippen LogP contribution >= 0.6 is 11.8 Å². The van der Waals surface area contributed by atoms with Crippen LogP contribution in [0.4, 0.5) is 0 Å². The van der Waals surface area contributed by atoms with Crippen molar-refractivity contribution in [2.45, 2.75) is 26.0 Å². The minimum absolute atomic E-state index is 0.0359. The highest BCUT2D eigenvalue weighted by Gasteiger charge is 2.02. The summed E-state index contributed by atoms with van der Waals surface area (Å²) in [7, 11) is 0. The molecule has 3 N–H and O–H groups in total. The number of nitrogens with zero attached hydrogens (tertiary/aromatic N) is 1. The average Bonchev–Trinajstić information content (AvgIpc) is 2.29. The third-order valence-electron chi connectivity index (χ3n) is 2.47. The molecule has 0 aliphatic carbocycles. The second-order valence-corrected chi connectivity index (χ2v) is 5.02. The molecule has 0 aromatic carbocycles. The van der Waals surface area contributed by atoms with Crippen LogP contribution in [0.5, 0.6) is 0 Å². The lowest BCUT2D eigenvalue weighted by Crippen LogP contribution is -2.13. The quantitative estimate of drug-likeness (QED) is 0.590. The van der Waals surface area contributed by atoms with Gasteiger partial charge in [0.25, 0.3) is 0 Å². The zero-order chi connectivity index (χ0) is 12.0. The molecule has 1 unspecified atom stereocenters. The Bertz CT molecular complexity index is 352. The second kappa shape index (κ2) is 6.53. The predicted octanol–water partition coefficient (Wildman–Crippen LogP) is 2.64. The maximum absolute atomic E-state index is 7.32. The van der Waals surface area contributed by atoms with Crippen molar-refractivity contribution in [2.75, 3.05) is 5.75 Å². The standard InChI is InChI=1S/C12H19N3S/c1-3-9(2)7-16-8-10-4-5-15-11(6-10)12(13)14/h4-6,9H,3,7-8H2,1-2H3,(H3,13,14). The molecule has 0 aliphatic rings. The van der Waals surface area contributed by atoms with Gasteiger partial charge in [-0.05, 0) is 29.4 Å². The Labute approximate surface area is 101 Å². The third-order valence-corrected chi connectivity index (χ3v) is 3.81. The highest BCUT2D eigenvalue weighted by molar-refractivity contribution is 7.98. The van der Waals surface area contributed by atoms with Gasteiger partial charge in [-0.2, -0.15) is 11.8 Å². The maximum atomic E-state index is 7.32. The van der Waals surface area contributed by atoms with E-state index < -0.39 is 0 Å². The molecule has 0 amide bonds. The molecule has 16 heavy (non-hydrogen) atoms. The van der Waals surface area contributed by atoms with Crippen LogP contribution in [-0.2, 0) is 5.75 Å². The highest BCUT2D eigenvalue weighted by Crippen LogP contribution is 2.17. The fourth-order valence-electron chi connectivity index (χ4n) is 1.21. The summed E-state index contributed by atoms with van der Waals surface area (Å²) >= 11 is 1.92. The number of rotatable bonds is 6. The summed E-state index contributed by atoms with van der Waals surface area (Å²) in [5.74, 6) is 2.94. The van der Waals surface area contributed by atoms with Crippen molar-refractivity contribution < 1.29 is 0 Å². The average molecular weight is 237 g/mol. The minimum Gasteiger partial charge on any atom is -0.382 e. The lowest BCUT2D eigenvalue weighted by Gasteiger charge is -2.08. The largest absolute Gasteiger partial charge is 0.382 e. The Morgan fingerprint density at radius 1 is 1.62 bits per heavy atom. The molecule has 3 nitrogen and oxygen atoms in total. The molecule has 1 atom stereocenters. The normalized spacial score (nSPS) is 12.4. The SMILES string of the molecule is CCC(C)CSCc1ccnc(C(=N)N)c1. The number of nitrogens with two attached hydrogens (primary N) is 1. The molecule has 1 aromatic rings. The highest BCUT2D eigenvalue weighted by atomic mass is 32.2. The van der Waals surface area contributed by atoms with Gasteiger partial charge < -0.3 is 5.73 Å². The Morgan fingerprint density at radius 3 is 3.00 bits per heavy atom. The number of nitrogen functional groups attached to an aromatic ring is 1. The van der Waals surface area contributed by atoms with Crippen molar-refractivity contribution in [3.63, 3.8) is 0 Å². The van der Waals surface area contributed by atoms with E-state index in [0.717, 1.165) is 11.7 Å². The van der Waals surface area contributed by atoms with E-state index in [1.54, 1.807) is 6.20 Å². The molecule has 1 heterocycles. The van der Waals surface area contributed by atoms with Crippen LogP contribution in [0.15, 0.2) is 18.3 Å². The van der Waals surface area contributed by atoms with Gasteiger partial charge in [0.2, 0.25) is 0 Å². The number of nitrogens with one attached hydrogen (secondary N) is 1. The Morgan fingerprint density at radius 2 is 2.38 bits per heavy atom. The Hall–Kier alpha value is -1.03. The number of hydrogen-bond donors (Lipinski definition) is 2. The van der Waals surface area contributed by atoms with E-state index in [1.165, 1.54) is 17.7 Å². The van der Waals surface area contributed by atoms with Crippen molar-refractivity contribution in [3.8, 4) is 0 Å². The maximum Gasteiger partial charge on any atom is 0.141 e. The molecule has 0 bridgehead atoms. The molecule has 0 radical (unpaired) electrons. The van der Waals surface area contributed by atoms with E-state index in [-0.39, 0.29) is 5.84 Å². The third kappa shape index (κ3) is 4.23. The van der Waals surface area contributed by atoms with E-state index in [2.05, 4.69) is 18.8 Å². The van der Waals surface area contributed by atoms with Crippen molar-refractivity contribution in [1.29, 1.82) is 5.41 Å². The minimum atomic E-state index is 0.0359. The number of hydrogen-bond acceptors (Lipinski definition) is 3. The Kier molecular flexibility index (Phi) is 5.32.